The van der Waals surface area contributed by atoms with Gasteiger partial charge in [0.15, 0.2) is 0 Å². The molecule has 0 unspecified atom stereocenters. The van der Waals surface area contributed by atoms with E-state index in [1.54, 1.807) is 87.9 Å². The first-order valence-electron chi connectivity index (χ1n) is 43.6. The third-order valence-electron chi connectivity index (χ3n) is 14.1. The maximum atomic E-state index is 9.66. The van der Waals surface area contributed by atoms with Crippen molar-refractivity contribution in [1.82, 2.24) is 48.1 Å². The number of halogens is 4. The summed E-state index contributed by atoms with van der Waals surface area (Å²) in [5, 5.41) is 30.5. The van der Waals surface area contributed by atoms with Gasteiger partial charge in [0.25, 0.3) is 0 Å². The number of nitrogen functional groups attached to an aromatic ring is 5. The second-order valence-corrected chi connectivity index (χ2v) is 27.8. The second kappa shape index (κ2) is 85.4. The maximum Gasteiger partial charge on any atom is 0.643 e. The highest BCUT2D eigenvalue weighted by Gasteiger charge is 2.12. The van der Waals surface area contributed by atoms with Crippen LogP contribution in [0.5, 0.6) is 28.7 Å². The van der Waals surface area contributed by atoms with Gasteiger partial charge in [-0.05, 0) is 166 Å². The van der Waals surface area contributed by atoms with Gasteiger partial charge in [-0.3, -0.25) is 0 Å². The average Bonchev–Trinajstić information content (AvgIpc) is 1.69. The van der Waals surface area contributed by atoms with Crippen LogP contribution in [0.4, 0.5) is 28.4 Å². The van der Waals surface area contributed by atoms with Crippen LogP contribution in [-0.2, 0) is 0 Å². The number of hydrogen-bond acceptors (Lipinski definition) is 15. The van der Waals surface area contributed by atoms with Crippen LogP contribution in [0.1, 0.15) is 228 Å². The zero-order chi connectivity index (χ0) is 97.5. The van der Waals surface area contributed by atoms with Crippen LogP contribution in [0.25, 0.3) is 72.1 Å². The number of pyridine rings is 5. The smallest absolute Gasteiger partial charge is 0.567 e. The van der Waals surface area contributed by atoms with Gasteiger partial charge in [0.05, 0.1) is 104 Å². The van der Waals surface area contributed by atoms with Gasteiger partial charge in [0.2, 0.25) is 0 Å². The topological polar surface area (TPSA) is 274 Å². The van der Waals surface area contributed by atoms with Gasteiger partial charge in [-0.2, -0.15) is 25.5 Å². The van der Waals surface area contributed by atoms with Gasteiger partial charge < -0.3 is 52.6 Å². The number of fused-ring (bicyclic) bond motifs is 5. The van der Waals surface area contributed by atoms with Crippen molar-refractivity contribution in [3.05, 3.63) is 254 Å². The molecule has 4 radical (unpaired) electrons. The highest BCUT2D eigenvalue weighted by Crippen LogP contribution is 2.33. The molecular weight excluding hydrogens is 1710 g/mol. The highest BCUT2D eigenvalue weighted by atomic mass is 79.9. The Labute approximate surface area is 795 Å². The number of aryl methyl sites for hydroxylation is 1. The Kier molecular flexibility index (Phi) is 88.8. The molecule has 0 aliphatic carbocycles. The van der Waals surface area contributed by atoms with Gasteiger partial charge in [-0.25, -0.2) is 52.7 Å². The number of aromatic nitrogens is 10. The van der Waals surface area contributed by atoms with E-state index in [9.17, 15) is 5.11 Å². The predicted octanol–water partition coefficient (Wildman–Crippen LogP) is 31.6. The van der Waals surface area contributed by atoms with Crippen molar-refractivity contribution in [3.8, 4) is 73.3 Å². The van der Waals surface area contributed by atoms with Gasteiger partial charge >= 0.3 is 27.5 Å². The molecule has 0 aliphatic rings. The Balaban J connectivity index is -0.000000109. The number of benzene rings is 5. The fourth-order valence-corrected chi connectivity index (χ4v) is 10.0. The van der Waals surface area contributed by atoms with Crippen molar-refractivity contribution in [2.75, 3.05) is 42.9 Å². The molecule has 0 bridgehead atoms. The van der Waals surface area contributed by atoms with E-state index in [0.29, 0.717) is 11.5 Å². The molecule has 0 saturated heterocycles. The lowest BCUT2D eigenvalue weighted by atomic mass is 10.0. The maximum absolute atomic E-state index is 9.66. The van der Waals surface area contributed by atoms with Crippen molar-refractivity contribution in [2.24, 2.45) is 0 Å². The number of hydrogen-bond donors (Lipinski definition) is 6. The normalized spacial score (nSPS) is 8.55. The van der Waals surface area contributed by atoms with E-state index in [0.717, 1.165) is 116 Å². The summed E-state index contributed by atoms with van der Waals surface area (Å²) in [5.74, 6) is 2.86. The number of rotatable bonds is 8. The van der Waals surface area contributed by atoms with Crippen molar-refractivity contribution in [2.45, 2.75) is 222 Å². The lowest BCUT2D eigenvalue weighted by Gasteiger charge is -2.08. The molecule has 0 atom stereocenters. The zero-order valence-electron chi connectivity index (χ0n) is 81.3. The van der Waals surface area contributed by atoms with Crippen molar-refractivity contribution in [1.29, 1.82) is 0 Å². The molecule has 15 aromatic rings. The first-order valence-corrected chi connectivity index (χ1v) is 49.6. The minimum absolute atomic E-state index is 0. The van der Waals surface area contributed by atoms with Crippen LogP contribution < -0.4 is 47.5 Å². The van der Waals surface area contributed by atoms with Crippen LogP contribution in [0.2, 0.25) is 0 Å². The quantitative estimate of drug-likeness (QED) is 0.0610. The van der Waals surface area contributed by atoms with Gasteiger partial charge in [-0.15, -0.1) is 0 Å². The SMILES string of the molecule is C.CC.CC.CC.CC.CC.CC.CC.CC.CC.CC.CC.CC.CC.CC.CC.COc1cc(-c2ccc(N)cc2)c2ccnn2c1.COc1cc(Br)c2ccnn2c1.Cc1ccc(N)cc1.Nc1ccc(-c2cc(O)cn3nccc23)cc1.[2HH].[2HH].[2HH].[2HH].[2HH].[B]Oc1cc(-c2ccc(N)cc2)c2ccnn2c1.[B]Oc1cc(-c2ccc(N)cc2)c2ccnn2c1.[Cl][Al]([Cl])[Cl]. The monoisotopic (exact) mass is 1880 g/mol. The Hall–Kier alpha value is -10.4. The van der Waals surface area contributed by atoms with Crippen LogP contribution in [0.15, 0.2) is 248 Å². The van der Waals surface area contributed by atoms with E-state index in [4.69, 9.17) is 93.7 Å². The molecule has 0 saturated carbocycles. The number of nitrogens with zero attached hydrogens (tertiary/aromatic N) is 10. The summed E-state index contributed by atoms with van der Waals surface area (Å²) in [6.07, 6.45) is 17.4. The highest BCUT2D eigenvalue weighted by molar-refractivity contribution is 9.10. The summed E-state index contributed by atoms with van der Waals surface area (Å²) in [7, 11) is 28.6. The molecule has 11 N–H and O–H groups in total. The minimum Gasteiger partial charge on any atom is -0.567 e. The Bertz CT molecular complexity index is 4670. The molecule has 15 rings (SSSR count). The molecule has 0 fully saturated rings. The number of aromatic hydroxyl groups is 1. The summed E-state index contributed by atoms with van der Waals surface area (Å²) in [5.41, 5.74) is 46.4. The summed E-state index contributed by atoms with van der Waals surface area (Å²) in [6, 6.07) is 57.4. The van der Waals surface area contributed by atoms with E-state index >= 15 is 0 Å². The second-order valence-electron chi connectivity index (χ2n) is 20.5. The molecule has 10 heterocycles. The molecule has 702 valence electrons. The zero-order valence-corrected chi connectivity index (χ0v) is 86.3. The first kappa shape index (κ1) is 131. The van der Waals surface area contributed by atoms with E-state index in [1.807, 2.05) is 407 Å². The van der Waals surface area contributed by atoms with Crippen LogP contribution >= 0.6 is 46.1 Å². The van der Waals surface area contributed by atoms with E-state index in [1.165, 1.54) is 5.56 Å². The third kappa shape index (κ3) is 47.8. The molecule has 10 aromatic heterocycles. The minimum atomic E-state index is -1.72. The van der Waals surface area contributed by atoms with Crippen LogP contribution in [0, 0.1) is 6.92 Å². The molecule has 5 aromatic carbocycles. The van der Waals surface area contributed by atoms with Crippen molar-refractivity contribution >= 4 is 130 Å². The third-order valence-corrected chi connectivity index (χ3v) is 14.7. The van der Waals surface area contributed by atoms with Crippen LogP contribution in [-0.4, -0.2) is 94.9 Å². The number of anilines is 5. The van der Waals surface area contributed by atoms with Gasteiger partial charge in [0, 0.05) is 62.3 Å². The predicted molar refractivity (Wildman–Crippen MR) is 577 cm³/mol. The molecule has 0 amide bonds. The first-order chi connectivity index (χ1) is 60.9. The largest absolute Gasteiger partial charge is 0.643 e. The molecule has 126 heavy (non-hydrogen) atoms. The van der Waals surface area contributed by atoms with E-state index < -0.39 is 11.4 Å². The Morgan fingerprint density at radius 2 is 0.500 bits per heavy atom. The summed E-state index contributed by atoms with van der Waals surface area (Å²) < 4.78 is 29.6. The molecule has 0 aliphatic heterocycles. The molecular formula is C99H164AlB2BrCl3N15O5. The average molecular weight is 1880 g/mol. The standard InChI is InChI=1S/C14H13N3O.2C13H10BN3O.C13H11N3O.C8H7BrN2O.C7H9N.15C2H6.CH4.Al.3ClH.5H2/c1-18-12-8-13(10-2-4-11(15)5-3-10)14-6-7-16-17(14)9-12;2*14-18-11-7-12(9-1-3-10(15)4-2-9)13-5-6-16-17(13)8-11;14-10-3-1-9(2-4-10)12-7-11(17)8-16-13(12)5-6-15-16;1-12-6-4-7(9)8-2-3-10-11(8)5-6;1-6-2-4-7(8)5-3-6;15*1-2;;;;;;;;;;/h2-9H,15H2,1H3;2*1-8H,15H2;1-8,17H,14H2;2-5H,1H3;2-5H,8H2,1H3;15*1-2H3;1H4;;8*1H/q;;;;;;;;;;;;;;;;;;;;;;+3;;;;;;;;/p-3/i;;;;;;;;;;;;;;;;;;;;;;;;;;5*1+1. The summed E-state index contributed by atoms with van der Waals surface area (Å²) in [4.78, 5) is 0. The van der Waals surface area contributed by atoms with E-state index in [-0.39, 0.29) is 20.3 Å². The lowest BCUT2D eigenvalue weighted by Crippen LogP contribution is -1.94. The molecule has 27 heteroatoms. The van der Waals surface area contributed by atoms with Crippen molar-refractivity contribution < 1.29 is 31.0 Å². The Morgan fingerprint density at radius 1 is 0.310 bits per heavy atom. The molecule has 20 nitrogen and oxygen atoms in total. The fraction of sp³-hybridized carbons (Fsp3) is 0.343. The lowest BCUT2D eigenvalue weighted by molar-refractivity contribution is 0.411. The summed E-state index contributed by atoms with van der Waals surface area (Å²) >= 11 is 1.70. The molecule has 0 spiro atoms. The van der Waals surface area contributed by atoms with E-state index in [2.05, 4.69) is 41.4 Å². The summed E-state index contributed by atoms with van der Waals surface area (Å²) in [6.45, 7) is 62.0. The Morgan fingerprint density at radius 3 is 0.730 bits per heavy atom. The number of methoxy groups -OCH3 is 2. The fourth-order valence-electron chi connectivity index (χ4n) is 9.48. The van der Waals surface area contributed by atoms with Gasteiger partial charge in [-0.1, -0.05) is 281 Å². The number of nitrogens with two attached hydrogens (primary N) is 5. The van der Waals surface area contributed by atoms with Crippen LogP contribution in [0.3, 0.4) is 0 Å². The van der Waals surface area contributed by atoms with Gasteiger partial charge in [0.1, 0.15) is 28.7 Å². The van der Waals surface area contributed by atoms with Crippen molar-refractivity contribution in [3.63, 3.8) is 0 Å². The number of ether oxygens (including phenoxy) is 2.